The summed E-state index contributed by atoms with van der Waals surface area (Å²) in [6, 6.07) is 5.79. The van der Waals surface area contributed by atoms with Crippen LogP contribution in [-0.2, 0) is 16.0 Å². The van der Waals surface area contributed by atoms with Crippen molar-refractivity contribution in [2.45, 2.75) is 32.1 Å². The summed E-state index contributed by atoms with van der Waals surface area (Å²) in [5.41, 5.74) is 1.09. The molecule has 0 aliphatic rings. The van der Waals surface area contributed by atoms with Crippen molar-refractivity contribution in [1.29, 1.82) is 0 Å². The zero-order valence-electron chi connectivity index (χ0n) is 11.9. The van der Waals surface area contributed by atoms with Crippen molar-refractivity contribution in [3.8, 4) is 11.5 Å². The van der Waals surface area contributed by atoms with Gasteiger partial charge in [-0.05, 0) is 31.4 Å². The predicted octanol–water partition coefficient (Wildman–Crippen LogP) is 2.98. The molecule has 0 saturated heterocycles. The van der Waals surface area contributed by atoms with E-state index >= 15 is 0 Å². The molecule has 0 heterocycles. The number of ether oxygens (including phenoxy) is 3. The van der Waals surface area contributed by atoms with Crippen LogP contribution in [0, 0.1) is 0 Å². The lowest BCUT2D eigenvalue weighted by molar-refractivity contribution is -0.140. The van der Waals surface area contributed by atoms with Gasteiger partial charge in [-0.25, -0.2) is 0 Å². The second-order valence-electron chi connectivity index (χ2n) is 4.28. The minimum atomic E-state index is -0.144. The van der Waals surface area contributed by atoms with Crippen molar-refractivity contribution in [1.82, 2.24) is 0 Å². The summed E-state index contributed by atoms with van der Waals surface area (Å²) in [5, 5.41) is 0. The first-order valence-electron chi connectivity index (χ1n) is 6.49. The highest BCUT2D eigenvalue weighted by Crippen LogP contribution is 2.29. The predicted molar refractivity (Wildman–Crippen MR) is 73.7 cm³/mol. The molecule has 0 unspecified atom stereocenters. The van der Waals surface area contributed by atoms with Crippen molar-refractivity contribution < 1.29 is 19.0 Å². The first-order chi connectivity index (χ1) is 9.22. The standard InChI is InChI=1S/C15H22O4/c1-17-13-9-7-10-14(18-2)12(13)8-5-4-6-11-15(16)19-3/h7,9-10H,4-6,8,11H2,1-3H3. The van der Waals surface area contributed by atoms with Gasteiger partial charge in [-0.15, -0.1) is 0 Å². The van der Waals surface area contributed by atoms with E-state index in [9.17, 15) is 4.79 Å². The molecule has 1 aromatic rings. The van der Waals surface area contributed by atoms with Gasteiger partial charge in [0.1, 0.15) is 11.5 Å². The molecule has 0 spiro atoms. The first kappa shape index (κ1) is 15.3. The van der Waals surface area contributed by atoms with Crippen LogP contribution in [0.1, 0.15) is 31.2 Å². The number of rotatable bonds is 8. The van der Waals surface area contributed by atoms with Gasteiger partial charge in [0.25, 0.3) is 0 Å². The maximum atomic E-state index is 11.0. The summed E-state index contributed by atoms with van der Waals surface area (Å²) in [5.74, 6) is 1.56. The number of hydrogen-bond acceptors (Lipinski definition) is 4. The minimum absolute atomic E-state index is 0.144. The highest BCUT2D eigenvalue weighted by atomic mass is 16.5. The highest BCUT2D eigenvalue weighted by Gasteiger charge is 2.09. The van der Waals surface area contributed by atoms with Crippen molar-refractivity contribution >= 4 is 5.97 Å². The maximum Gasteiger partial charge on any atom is 0.305 e. The van der Waals surface area contributed by atoms with Gasteiger partial charge in [-0.1, -0.05) is 12.5 Å². The van der Waals surface area contributed by atoms with Gasteiger partial charge in [0.15, 0.2) is 0 Å². The van der Waals surface area contributed by atoms with Gasteiger partial charge in [0.05, 0.1) is 21.3 Å². The van der Waals surface area contributed by atoms with E-state index < -0.39 is 0 Å². The quantitative estimate of drug-likeness (QED) is 0.536. The molecule has 19 heavy (non-hydrogen) atoms. The second kappa shape index (κ2) is 8.40. The minimum Gasteiger partial charge on any atom is -0.496 e. The number of unbranched alkanes of at least 4 members (excludes halogenated alkanes) is 2. The Kier molecular flexibility index (Phi) is 6.79. The van der Waals surface area contributed by atoms with Crippen LogP contribution < -0.4 is 9.47 Å². The fraction of sp³-hybridized carbons (Fsp3) is 0.533. The van der Waals surface area contributed by atoms with Crippen LogP contribution in [0.4, 0.5) is 0 Å². The Bertz CT molecular complexity index is 379. The summed E-state index contributed by atoms with van der Waals surface area (Å²) >= 11 is 0. The Morgan fingerprint density at radius 3 is 2.16 bits per heavy atom. The molecule has 0 aliphatic heterocycles. The Balaban J connectivity index is 2.46. The molecule has 0 aromatic heterocycles. The third-order valence-corrected chi connectivity index (χ3v) is 3.07. The van der Waals surface area contributed by atoms with Crippen LogP contribution in [0.15, 0.2) is 18.2 Å². The molecule has 0 N–H and O–H groups in total. The number of esters is 1. The van der Waals surface area contributed by atoms with Gasteiger partial charge >= 0.3 is 5.97 Å². The average Bonchev–Trinajstić information content (AvgIpc) is 2.46. The van der Waals surface area contributed by atoms with Gasteiger partial charge in [0.2, 0.25) is 0 Å². The lowest BCUT2D eigenvalue weighted by atomic mass is 10.0. The SMILES string of the molecule is COC(=O)CCCCCc1c(OC)cccc1OC. The van der Waals surface area contributed by atoms with Crippen LogP contribution in [0.2, 0.25) is 0 Å². The first-order valence-corrected chi connectivity index (χ1v) is 6.49. The summed E-state index contributed by atoms with van der Waals surface area (Å²) in [6.07, 6.45) is 4.20. The van der Waals surface area contributed by atoms with E-state index in [1.165, 1.54) is 7.11 Å². The fourth-order valence-corrected chi connectivity index (χ4v) is 2.02. The Morgan fingerprint density at radius 2 is 1.63 bits per heavy atom. The van der Waals surface area contributed by atoms with Gasteiger partial charge in [-0.2, -0.15) is 0 Å². The number of hydrogen-bond donors (Lipinski definition) is 0. The van der Waals surface area contributed by atoms with E-state index in [-0.39, 0.29) is 5.97 Å². The Labute approximate surface area is 114 Å². The topological polar surface area (TPSA) is 44.8 Å². The summed E-state index contributed by atoms with van der Waals surface area (Å²) in [4.78, 5) is 11.0. The van der Waals surface area contributed by atoms with E-state index in [0.29, 0.717) is 6.42 Å². The van der Waals surface area contributed by atoms with E-state index in [2.05, 4.69) is 4.74 Å². The van der Waals surface area contributed by atoms with Crippen molar-refractivity contribution in [3.05, 3.63) is 23.8 Å². The van der Waals surface area contributed by atoms with Gasteiger partial charge in [0, 0.05) is 12.0 Å². The number of carbonyl (C=O) groups excluding carboxylic acids is 1. The third-order valence-electron chi connectivity index (χ3n) is 3.07. The maximum absolute atomic E-state index is 11.0. The van der Waals surface area contributed by atoms with E-state index in [0.717, 1.165) is 42.7 Å². The van der Waals surface area contributed by atoms with Crippen LogP contribution >= 0.6 is 0 Å². The largest absolute Gasteiger partial charge is 0.496 e. The molecule has 0 bridgehead atoms. The molecule has 0 saturated carbocycles. The van der Waals surface area contributed by atoms with E-state index in [4.69, 9.17) is 9.47 Å². The molecule has 0 amide bonds. The molecule has 0 fully saturated rings. The lowest BCUT2D eigenvalue weighted by Gasteiger charge is -2.12. The summed E-state index contributed by atoms with van der Waals surface area (Å²) in [6.45, 7) is 0. The number of methoxy groups -OCH3 is 3. The van der Waals surface area contributed by atoms with Gasteiger partial charge in [-0.3, -0.25) is 4.79 Å². The highest BCUT2D eigenvalue weighted by molar-refractivity contribution is 5.68. The molecule has 1 rings (SSSR count). The third kappa shape index (κ3) is 4.81. The monoisotopic (exact) mass is 266 g/mol. The molecule has 0 atom stereocenters. The van der Waals surface area contributed by atoms with Crippen LogP contribution in [-0.4, -0.2) is 27.3 Å². The van der Waals surface area contributed by atoms with Crippen molar-refractivity contribution in [2.24, 2.45) is 0 Å². The Hall–Kier alpha value is -1.71. The van der Waals surface area contributed by atoms with Crippen LogP contribution in [0.3, 0.4) is 0 Å². The second-order valence-corrected chi connectivity index (χ2v) is 4.28. The van der Waals surface area contributed by atoms with Crippen molar-refractivity contribution in [3.63, 3.8) is 0 Å². The summed E-state index contributed by atoms with van der Waals surface area (Å²) in [7, 11) is 4.74. The van der Waals surface area contributed by atoms with Crippen LogP contribution in [0.25, 0.3) is 0 Å². The average molecular weight is 266 g/mol. The lowest BCUT2D eigenvalue weighted by Crippen LogP contribution is -2.00. The summed E-state index contributed by atoms with van der Waals surface area (Å²) < 4.78 is 15.3. The molecular formula is C15H22O4. The number of carbonyl (C=O) groups is 1. The number of benzene rings is 1. The molecular weight excluding hydrogens is 244 g/mol. The smallest absolute Gasteiger partial charge is 0.305 e. The molecule has 4 heteroatoms. The van der Waals surface area contributed by atoms with E-state index in [1.54, 1.807) is 14.2 Å². The zero-order valence-corrected chi connectivity index (χ0v) is 11.9. The molecule has 1 aromatic carbocycles. The van der Waals surface area contributed by atoms with Crippen molar-refractivity contribution in [2.75, 3.05) is 21.3 Å². The van der Waals surface area contributed by atoms with Gasteiger partial charge < -0.3 is 14.2 Å². The normalized spacial score (nSPS) is 10.1. The zero-order chi connectivity index (χ0) is 14.1. The Morgan fingerprint density at radius 1 is 1.00 bits per heavy atom. The fourth-order valence-electron chi connectivity index (χ4n) is 2.02. The molecule has 4 nitrogen and oxygen atoms in total. The van der Waals surface area contributed by atoms with E-state index in [1.807, 2.05) is 18.2 Å². The molecule has 0 aliphatic carbocycles. The molecule has 0 radical (unpaired) electrons. The molecule has 106 valence electrons. The van der Waals surface area contributed by atoms with Crippen LogP contribution in [0.5, 0.6) is 11.5 Å².